The fraction of sp³-hybridized carbons (Fsp3) is 0. The van der Waals surface area contributed by atoms with E-state index in [1.54, 1.807) is 30.6 Å². The minimum atomic E-state index is 0.625. The van der Waals surface area contributed by atoms with E-state index in [4.69, 9.17) is 12.2 Å². The molecule has 2 nitrogen and oxygen atoms in total. The molecule has 2 rings (SSSR count). The normalized spacial score (nSPS) is 8.88. The van der Waals surface area contributed by atoms with Gasteiger partial charge in [0.15, 0.2) is 0 Å². The van der Waals surface area contributed by atoms with Gasteiger partial charge in [-0.3, -0.25) is 4.98 Å². The first-order chi connectivity index (χ1) is 8.29. The van der Waals surface area contributed by atoms with Gasteiger partial charge >= 0.3 is 0 Å². The zero-order chi connectivity index (χ0) is 12.1. The van der Waals surface area contributed by atoms with Crippen LogP contribution in [0.4, 0.5) is 5.69 Å². The number of nitrogens with zero attached hydrogens (tertiary/aromatic N) is 1. The van der Waals surface area contributed by atoms with Gasteiger partial charge in [0.05, 0.1) is 0 Å². The summed E-state index contributed by atoms with van der Waals surface area (Å²) < 4.78 is 0. The molecule has 0 atom stereocenters. The minimum absolute atomic E-state index is 0.625. The number of hydrogen-bond acceptors (Lipinski definition) is 2. The Morgan fingerprint density at radius 3 is 2.71 bits per heavy atom. The third-order valence-corrected chi connectivity index (χ3v) is 2.22. The molecule has 80 valence electrons. The molecular formula is C15H10N2. The molecule has 0 radical (unpaired) electrons. The second-order valence-corrected chi connectivity index (χ2v) is 3.44. The summed E-state index contributed by atoms with van der Waals surface area (Å²) in [5.41, 5.74) is 8.81. The van der Waals surface area contributed by atoms with E-state index in [-0.39, 0.29) is 0 Å². The van der Waals surface area contributed by atoms with Crippen LogP contribution in [0.5, 0.6) is 0 Å². The summed E-state index contributed by atoms with van der Waals surface area (Å²) in [7, 11) is 0. The van der Waals surface area contributed by atoms with E-state index in [1.807, 2.05) is 12.1 Å². The SMILES string of the molecule is C#Cc1ccc(N)c(C#Cc2cccnc2)c1. The second kappa shape index (κ2) is 4.88. The summed E-state index contributed by atoms with van der Waals surface area (Å²) in [6.45, 7) is 0. The quantitative estimate of drug-likeness (QED) is 0.543. The van der Waals surface area contributed by atoms with Crippen molar-refractivity contribution >= 4 is 5.69 Å². The van der Waals surface area contributed by atoms with E-state index < -0.39 is 0 Å². The Kier molecular flexibility index (Phi) is 3.10. The molecule has 0 saturated heterocycles. The van der Waals surface area contributed by atoms with Crippen molar-refractivity contribution < 1.29 is 0 Å². The molecule has 0 bridgehead atoms. The summed E-state index contributed by atoms with van der Waals surface area (Å²) in [6.07, 6.45) is 8.74. The Bertz CT molecular complexity index is 625. The third kappa shape index (κ3) is 2.65. The highest BCUT2D eigenvalue weighted by Crippen LogP contribution is 2.12. The van der Waals surface area contributed by atoms with Crippen LogP contribution >= 0.6 is 0 Å². The van der Waals surface area contributed by atoms with Crippen molar-refractivity contribution in [3.63, 3.8) is 0 Å². The monoisotopic (exact) mass is 218 g/mol. The number of anilines is 1. The molecule has 2 aromatic rings. The zero-order valence-corrected chi connectivity index (χ0v) is 9.14. The number of pyridine rings is 1. The van der Waals surface area contributed by atoms with Gasteiger partial charge in [0.1, 0.15) is 0 Å². The van der Waals surface area contributed by atoms with Gasteiger partial charge in [-0.2, -0.15) is 0 Å². The van der Waals surface area contributed by atoms with E-state index >= 15 is 0 Å². The van der Waals surface area contributed by atoms with Crippen molar-refractivity contribution in [2.45, 2.75) is 0 Å². The highest BCUT2D eigenvalue weighted by atomic mass is 14.6. The van der Waals surface area contributed by atoms with Crippen LogP contribution in [0, 0.1) is 24.2 Å². The van der Waals surface area contributed by atoms with Crippen LogP contribution in [-0.2, 0) is 0 Å². The van der Waals surface area contributed by atoms with Gasteiger partial charge in [-0.15, -0.1) is 6.42 Å². The van der Waals surface area contributed by atoms with Gasteiger partial charge in [-0.05, 0) is 30.3 Å². The van der Waals surface area contributed by atoms with E-state index in [0.29, 0.717) is 5.69 Å². The summed E-state index contributed by atoms with van der Waals surface area (Å²) in [5, 5.41) is 0. The van der Waals surface area contributed by atoms with Gasteiger partial charge in [0.25, 0.3) is 0 Å². The number of rotatable bonds is 0. The van der Waals surface area contributed by atoms with E-state index in [9.17, 15) is 0 Å². The molecule has 0 spiro atoms. The average Bonchev–Trinajstić information content (AvgIpc) is 2.39. The fourth-order valence-electron chi connectivity index (χ4n) is 1.33. The van der Waals surface area contributed by atoms with Crippen molar-refractivity contribution in [1.29, 1.82) is 0 Å². The van der Waals surface area contributed by atoms with Crippen LogP contribution in [0.15, 0.2) is 42.7 Å². The molecule has 17 heavy (non-hydrogen) atoms. The lowest BCUT2D eigenvalue weighted by atomic mass is 10.1. The predicted molar refractivity (Wildman–Crippen MR) is 69.0 cm³/mol. The lowest BCUT2D eigenvalue weighted by molar-refractivity contribution is 1.31. The van der Waals surface area contributed by atoms with Crippen LogP contribution in [0.3, 0.4) is 0 Å². The van der Waals surface area contributed by atoms with Crippen molar-refractivity contribution in [2.75, 3.05) is 5.73 Å². The smallest absolute Gasteiger partial charge is 0.0491 e. The average molecular weight is 218 g/mol. The minimum Gasteiger partial charge on any atom is -0.398 e. The molecule has 1 heterocycles. The maximum atomic E-state index is 5.82. The number of benzene rings is 1. The second-order valence-electron chi connectivity index (χ2n) is 3.44. The summed E-state index contributed by atoms with van der Waals surface area (Å²) in [6, 6.07) is 9.10. The Morgan fingerprint density at radius 1 is 1.12 bits per heavy atom. The maximum absolute atomic E-state index is 5.82. The number of terminal acetylenes is 1. The molecular weight excluding hydrogens is 208 g/mol. The molecule has 0 aliphatic carbocycles. The molecule has 0 unspecified atom stereocenters. The lowest BCUT2D eigenvalue weighted by Crippen LogP contribution is -1.90. The number of nitrogen functional groups attached to an aromatic ring is 1. The van der Waals surface area contributed by atoms with Crippen molar-refractivity contribution in [1.82, 2.24) is 4.98 Å². The standard InChI is InChI=1S/C15H10N2/c1-2-12-6-8-15(16)14(10-12)7-5-13-4-3-9-17-11-13/h1,3-4,6,8-11H,16H2. The molecule has 2 heteroatoms. The summed E-state index contributed by atoms with van der Waals surface area (Å²) >= 11 is 0. The largest absolute Gasteiger partial charge is 0.398 e. The van der Waals surface area contributed by atoms with Crippen LogP contribution in [-0.4, -0.2) is 4.98 Å². The van der Waals surface area contributed by atoms with Gasteiger partial charge < -0.3 is 5.73 Å². The van der Waals surface area contributed by atoms with Crippen LogP contribution in [0.1, 0.15) is 16.7 Å². The van der Waals surface area contributed by atoms with E-state index in [1.165, 1.54) is 0 Å². The highest BCUT2D eigenvalue weighted by molar-refractivity contribution is 5.60. The zero-order valence-electron chi connectivity index (χ0n) is 9.14. The van der Waals surface area contributed by atoms with Gasteiger partial charge in [-0.1, -0.05) is 17.8 Å². The maximum Gasteiger partial charge on any atom is 0.0491 e. The Morgan fingerprint density at radius 2 is 2.00 bits per heavy atom. The van der Waals surface area contributed by atoms with Crippen LogP contribution in [0.25, 0.3) is 0 Å². The molecule has 0 fully saturated rings. The fourth-order valence-corrected chi connectivity index (χ4v) is 1.33. The first-order valence-corrected chi connectivity index (χ1v) is 5.08. The summed E-state index contributed by atoms with van der Waals surface area (Å²) in [4.78, 5) is 3.99. The summed E-state index contributed by atoms with van der Waals surface area (Å²) in [5.74, 6) is 8.54. The third-order valence-electron chi connectivity index (χ3n) is 2.22. The van der Waals surface area contributed by atoms with Crippen molar-refractivity contribution in [3.05, 3.63) is 59.4 Å². The molecule has 0 saturated carbocycles. The number of aromatic nitrogens is 1. The first kappa shape index (κ1) is 10.8. The molecule has 0 aliphatic heterocycles. The molecule has 0 amide bonds. The molecule has 0 aliphatic rings. The van der Waals surface area contributed by atoms with E-state index in [2.05, 4.69) is 22.7 Å². The van der Waals surface area contributed by atoms with E-state index in [0.717, 1.165) is 16.7 Å². The van der Waals surface area contributed by atoms with Gasteiger partial charge in [0, 0.05) is 34.8 Å². The van der Waals surface area contributed by atoms with Gasteiger partial charge in [-0.25, -0.2) is 0 Å². The topological polar surface area (TPSA) is 38.9 Å². The molecule has 2 N–H and O–H groups in total. The Hall–Kier alpha value is -2.71. The van der Waals surface area contributed by atoms with Crippen molar-refractivity contribution in [2.24, 2.45) is 0 Å². The highest BCUT2D eigenvalue weighted by Gasteiger charge is 1.96. The predicted octanol–water partition coefficient (Wildman–Crippen LogP) is 2.04. The van der Waals surface area contributed by atoms with Crippen molar-refractivity contribution in [3.8, 4) is 24.2 Å². The van der Waals surface area contributed by atoms with Gasteiger partial charge in [0.2, 0.25) is 0 Å². The van der Waals surface area contributed by atoms with Crippen LogP contribution in [0.2, 0.25) is 0 Å². The Labute approximate surface area is 101 Å². The number of hydrogen-bond donors (Lipinski definition) is 1. The lowest BCUT2D eigenvalue weighted by Gasteiger charge is -1.98. The molecule has 1 aromatic carbocycles. The Balaban J connectivity index is 2.37. The van der Waals surface area contributed by atoms with Crippen LogP contribution < -0.4 is 5.73 Å². The molecule has 1 aromatic heterocycles. The first-order valence-electron chi connectivity index (χ1n) is 5.08. The number of nitrogens with two attached hydrogens (primary N) is 1.